The number of fused-ring (bicyclic) bond motifs is 1. The maximum atomic E-state index is 12.9. The smallest absolute Gasteiger partial charge is 0.220 e. The van der Waals surface area contributed by atoms with Crippen LogP contribution >= 0.6 is 23.2 Å². The lowest BCUT2D eigenvalue weighted by molar-refractivity contribution is -0.120. The predicted octanol–water partition coefficient (Wildman–Crippen LogP) is 5.81. The molecule has 7 rings (SSSR count). The van der Waals surface area contributed by atoms with Gasteiger partial charge in [0.25, 0.3) is 0 Å². The third-order valence-corrected chi connectivity index (χ3v) is 10.6. The number of methoxy groups -OCH3 is 2. The lowest BCUT2D eigenvalue weighted by Crippen LogP contribution is -2.56. The van der Waals surface area contributed by atoms with E-state index in [0.717, 1.165) is 65.0 Å². The molecule has 1 spiro atoms. The Morgan fingerprint density at radius 1 is 1.04 bits per heavy atom. The van der Waals surface area contributed by atoms with Gasteiger partial charge in [-0.15, -0.1) is 0 Å². The summed E-state index contributed by atoms with van der Waals surface area (Å²) in [6.45, 7) is 3.90. The molecule has 2 fully saturated rings. The summed E-state index contributed by atoms with van der Waals surface area (Å²) in [5, 5.41) is 13.8. The highest BCUT2D eigenvalue weighted by Gasteiger charge is 2.48. The fourth-order valence-corrected chi connectivity index (χ4v) is 8.09. The molecule has 5 heterocycles. The summed E-state index contributed by atoms with van der Waals surface area (Å²) in [5.41, 5.74) is 7.46. The summed E-state index contributed by atoms with van der Waals surface area (Å²) < 4.78 is 24.5. The van der Waals surface area contributed by atoms with Crippen molar-refractivity contribution in [3.8, 4) is 45.3 Å². The first-order chi connectivity index (χ1) is 23.7. The number of likely N-dealkylation sites (tertiary alicyclic amines) is 1. The van der Waals surface area contributed by atoms with Crippen molar-refractivity contribution in [3.05, 3.63) is 81.5 Å². The molecule has 3 aliphatic heterocycles. The number of alkyl halides is 1. The molecule has 1 amide bonds. The number of amides is 1. The second-order valence-corrected chi connectivity index (χ2v) is 14.0. The number of nitrogens with zero attached hydrogens (tertiary/aromatic N) is 4. The Balaban J connectivity index is 1.15. The summed E-state index contributed by atoms with van der Waals surface area (Å²) in [6.07, 6.45) is 2.02. The van der Waals surface area contributed by atoms with E-state index in [1.165, 1.54) is 0 Å². The first-order valence-electron chi connectivity index (χ1n) is 16.3. The first-order valence-corrected chi connectivity index (χ1v) is 17.1. The van der Waals surface area contributed by atoms with E-state index in [9.17, 15) is 14.3 Å². The third kappa shape index (κ3) is 6.60. The summed E-state index contributed by atoms with van der Waals surface area (Å²) in [6, 6.07) is 15.6. The number of hydrogen-bond acceptors (Lipinski definition) is 8. The molecule has 12 heteroatoms. The fourth-order valence-electron chi connectivity index (χ4n) is 7.45. The normalized spacial score (nSPS) is 17.8. The van der Waals surface area contributed by atoms with Crippen LogP contribution in [0.3, 0.4) is 0 Å². The van der Waals surface area contributed by atoms with Crippen LogP contribution in [-0.2, 0) is 24.3 Å². The molecular weight excluding hydrogens is 668 g/mol. The van der Waals surface area contributed by atoms with Crippen LogP contribution in [0, 0.1) is 5.41 Å². The number of halogens is 3. The van der Waals surface area contributed by atoms with Gasteiger partial charge in [0, 0.05) is 97.2 Å². The van der Waals surface area contributed by atoms with Gasteiger partial charge in [-0.3, -0.25) is 19.6 Å². The molecule has 3 aliphatic rings. The molecule has 0 saturated carbocycles. The third-order valence-electron chi connectivity index (χ3n) is 9.82. The molecule has 0 bridgehead atoms. The maximum absolute atomic E-state index is 12.9. The van der Waals surface area contributed by atoms with E-state index >= 15 is 0 Å². The number of rotatable bonds is 10. The molecule has 2 aromatic heterocycles. The number of ether oxygens (including phenoxy) is 2. The molecule has 0 radical (unpaired) electrons. The van der Waals surface area contributed by atoms with Gasteiger partial charge in [0.2, 0.25) is 11.8 Å². The van der Waals surface area contributed by atoms with Crippen LogP contribution in [0.4, 0.5) is 4.39 Å². The first kappa shape index (κ1) is 33.7. The summed E-state index contributed by atoms with van der Waals surface area (Å²) in [5.74, 6) is 1.36. The van der Waals surface area contributed by atoms with Crippen LogP contribution in [0.25, 0.3) is 33.6 Å². The monoisotopic (exact) mass is 705 g/mol. The van der Waals surface area contributed by atoms with Gasteiger partial charge >= 0.3 is 0 Å². The van der Waals surface area contributed by atoms with Gasteiger partial charge in [-0.2, -0.15) is 0 Å². The van der Waals surface area contributed by atoms with Gasteiger partial charge in [-0.05, 0) is 36.2 Å². The number of hydrogen-bond donors (Lipinski definition) is 2. The van der Waals surface area contributed by atoms with Crippen molar-refractivity contribution in [3.63, 3.8) is 0 Å². The van der Waals surface area contributed by atoms with E-state index in [4.69, 9.17) is 37.7 Å². The Morgan fingerprint density at radius 3 is 2.57 bits per heavy atom. The van der Waals surface area contributed by atoms with Crippen molar-refractivity contribution >= 4 is 29.1 Å². The Kier molecular flexibility index (Phi) is 9.51. The average Bonchev–Trinajstić information content (AvgIpc) is 3.49. The van der Waals surface area contributed by atoms with Crippen LogP contribution in [0.2, 0.25) is 10.0 Å². The van der Waals surface area contributed by atoms with Crippen molar-refractivity contribution in [2.45, 2.75) is 32.0 Å². The summed E-state index contributed by atoms with van der Waals surface area (Å²) in [4.78, 5) is 25.6. The molecule has 2 saturated heterocycles. The number of pyridine rings is 2. The van der Waals surface area contributed by atoms with Crippen molar-refractivity contribution in [2.24, 2.45) is 5.41 Å². The topological polar surface area (TPSA) is 100 Å². The highest BCUT2D eigenvalue weighted by molar-refractivity contribution is 6.39. The van der Waals surface area contributed by atoms with Crippen LogP contribution in [-0.4, -0.2) is 90.5 Å². The van der Waals surface area contributed by atoms with E-state index in [0.29, 0.717) is 59.1 Å². The predicted molar refractivity (Wildman–Crippen MR) is 188 cm³/mol. The van der Waals surface area contributed by atoms with Crippen molar-refractivity contribution < 1.29 is 23.8 Å². The molecule has 9 nitrogen and oxygen atoms in total. The Labute approximate surface area is 295 Å². The number of aliphatic hydroxyl groups excluding tert-OH is 1. The molecule has 2 aromatic carbocycles. The highest BCUT2D eigenvalue weighted by atomic mass is 35.5. The van der Waals surface area contributed by atoms with Gasteiger partial charge in [0.15, 0.2) is 0 Å². The number of benzene rings is 2. The van der Waals surface area contributed by atoms with E-state index < -0.39 is 12.8 Å². The second-order valence-electron chi connectivity index (χ2n) is 13.3. The zero-order chi connectivity index (χ0) is 34.3. The molecule has 49 heavy (non-hydrogen) atoms. The van der Waals surface area contributed by atoms with Gasteiger partial charge in [0.1, 0.15) is 12.4 Å². The number of aliphatic hydroxyl groups is 1. The van der Waals surface area contributed by atoms with Crippen LogP contribution in [0.5, 0.6) is 11.6 Å². The fraction of sp³-hybridized carbons (Fsp3) is 0.378. The van der Waals surface area contributed by atoms with Gasteiger partial charge in [-0.25, -0.2) is 9.37 Å². The van der Waals surface area contributed by atoms with Crippen molar-refractivity contribution in [1.29, 1.82) is 0 Å². The van der Waals surface area contributed by atoms with E-state index in [1.54, 1.807) is 20.4 Å². The molecule has 4 aromatic rings. The van der Waals surface area contributed by atoms with E-state index in [-0.39, 0.29) is 17.9 Å². The molecule has 1 unspecified atom stereocenters. The minimum atomic E-state index is -1.01. The number of carbonyl (C=O) groups excluding carboxylic acids is 1. The van der Waals surface area contributed by atoms with Gasteiger partial charge < -0.3 is 19.9 Å². The molecule has 0 aliphatic carbocycles. The number of nitrogens with one attached hydrogen (secondary N) is 1. The Bertz CT molecular complexity index is 1890. The van der Waals surface area contributed by atoms with Crippen LogP contribution in [0.1, 0.15) is 23.1 Å². The standard InChI is InChI=1S/C37H38Cl2FN5O4/c1-48-31-13-24(12-22-9-11-44(18-29(22)31)17-25(46)15-40)35-34(39)27(8-10-41-35)26-4-3-5-28(33(26)38)30-7-6-23(36(43-30)49-2)16-45-20-37(21-45)14-32(47)42-19-37/h3-8,10,12-13,25,46H,9,11,14-21H2,1-2H3,(H,42,47). The second kappa shape index (κ2) is 13.8. The van der Waals surface area contributed by atoms with Crippen molar-refractivity contribution in [2.75, 3.05) is 53.6 Å². The number of carbonyl (C=O) groups is 1. The van der Waals surface area contributed by atoms with Crippen molar-refractivity contribution in [1.82, 2.24) is 25.1 Å². The number of aromatic nitrogens is 2. The van der Waals surface area contributed by atoms with E-state index in [2.05, 4.69) is 21.3 Å². The zero-order valence-electron chi connectivity index (χ0n) is 27.4. The van der Waals surface area contributed by atoms with Crippen LogP contribution < -0.4 is 14.8 Å². The number of β-amino-alcohol motifs (C(OH)–C–C–N with tert-alkyl or cyclic N) is 1. The minimum Gasteiger partial charge on any atom is -0.496 e. The van der Waals surface area contributed by atoms with Crippen LogP contribution in [0.15, 0.2) is 54.7 Å². The maximum Gasteiger partial charge on any atom is 0.220 e. The van der Waals surface area contributed by atoms with Gasteiger partial charge in [-0.1, -0.05) is 47.5 Å². The largest absolute Gasteiger partial charge is 0.496 e. The lowest BCUT2D eigenvalue weighted by Gasteiger charge is -2.47. The molecule has 1 atom stereocenters. The zero-order valence-corrected chi connectivity index (χ0v) is 29.0. The molecule has 256 valence electrons. The summed E-state index contributed by atoms with van der Waals surface area (Å²) >= 11 is 14.2. The summed E-state index contributed by atoms with van der Waals surface area (Å²) in [7, 11) is 3.24. The SMILES string of the molecule is COc1cc(-c2nccc(-c3cccc(-c4ccc(CN5CC6(CNC(=O)C6)C5)c(OC)n4)c3Cl)c2Cl)cc2c1CN(CC(O)CF)CC2. The molecule has 2 N–H and O–H groups in total. The quantitative estimate of drug-likeness (QED) is 0.213. The Hall–Kier alpha value is -3.80. The molecular formula is C37H38Cl2FN5O4. The van der Waals surface area contributed by atoms with E-state index in [1.807, 2.05) is 47.4 Å². The minimum absolute atomic E-state index is 0.0520. The lowest BCUT2D eigenvalue weighted by atomic mass is 9.79. The Morgan fingerprint density at radius 2 is 1.84 bits per heavy atom. The van der Waals surface area contributed by atoms with Gasteiger partial charge in [0.05, 0.1) is 41.8 Å². The highest BCUT2D eigenvalue weighted by Crippen LogP contribution is 2.44. The average molecular weight is 707 g/mol.